The van der Waals surface area contributed by atoms with Crippen LogP contribution in [0.15, 0.2) is 104 Å². The van der Waals surface area contributed by atoms with Crippen LogP contribution in [0.2, 0.25) is 0 Å². The molecule has 4 atom stereocenters. The normalized spacial score (nSPS) is 20.7. The van der Waals surface area contributed by atoms with Crippen LogP contribution in [0.4, 0.5) is 0 Å². The Bertz CT molecular complexity index is 1500. The van der Waals surface area contributed by atoms with Crippen LogP contribution >= 0.6 is 0 Å². The van der Waals surface area contributed by atoms with Gasteiger partial charge >= 0.3 is 0 Å². The largest absolute Gasteiger partial charge is 0.493 e. The summed E-state index contributed by atoms with van der Waals surface area (Å²) in [5.74, 6) is -0.143. The summed E-state index contributed by atoms with van der Waals surface area (Å²) in [6.07, 6.45) is 0.679. The number of fused-ring (bicyclic) bond motifs is 1. The predicted octanol–water partition coefficient (Wildman–Crippen LogP) is 4.82. The van der Waals surface area contributed by atoms with Crippen molar-refractivity contribution in [3.63, 3.8) is 0 Å². The van der Waals surface area contributed by atoms with Gasteiger partial charge in [0.1, 0.15) is 30.0 Å². The first kappa shape index (κ1) is 26.1. The van der Waals surface area contributed by atoms with E-state index >= 15 is 0 Å². The molecule has 2 aromatic heterocycles. The molecule has 0 amide bonds. The van der Waals surface area contributed by atoms with Gasteiger partial charge in [-0.25, -0.2) is 14.6 Å². The summed E-state index contributed by atoms with van der Waals surface area (Å²) in [7, 11) is 0. The molecule has 0 saturated carbocycles. The highest BCUT2D eigenvalue weighted by atomic mass is 16.6. The highest BCUT2D eigenvalue weighted by Crippen LogP contribution is 2.37. The summed E-state index contributed by atoms with van der Waals surface area (Å²) in [5, 5.41) is 15.2. The average Bonchev–Trinajstić information content (AvgIpc) is 3.58. The van der Waals surface area contributed by atoms with E-state index in [2.05, 4.69) is 15.1 Å². The lowest BCUT2D eigenvalue weighted by molar-refractivity contribution is -0.0926. The molecule has 40 heavy (non-hydrogen) atoms. The van der Waals surface area contributed by atoms with E-state index in [1.165, 1.54) is 12.5 Å². The second kappa shape index (κ2) is 12.4. The zero-order valence-electron chi connectivity index (χ0n) is 21.8. The van der Waals surface area contributed by atoms with Gasteiger partial charge in [0, 0.05) is 0 Å². The second-order valence-corrected chi connectivity index (χ2v) is 9.61. The summed E-state index contributed by atoms with van der Waals surface area (Å²) in [6, 6.07) is 29.9. The maximum absolute atomic E-state index is 10.3. The zero-order valence-corrected chi connectivity index (χ0v) is 21.8. The minimum atomic E-state index is -0.679. The molecule has 3 aromatic carbocycles. The van der Waals surface area contributed by atoms with Crippen molar-refractivity contribution in [3.05, 3.63) is 120 Å². The third-order valence-electron chi connectivity index (χ3n) is 6.86. The number of hydrogen-bond donors (Lipinski definition) is 1. The third-order valence-corrected chi connectivity index (χ3v) is 6.86. The van der Waals surface area contributed by atoms with Crippen molar-refractivity contribution in [2.45, 2.75) is 44.4 Å². The summed E-state index contributed by atoms with van der Waals surface area (Å²) >= 11 is 0. The first-order chi connectivity index (χ1) is 19.8. The Kier molecular flexibility index (Phi) is 8.06. The molecule has 1 aliphatic heterocycles. The molecule has 3 heterocycles. The summed E-state index contributed by atoms with van der Waals surface area (Å²) in [4.78, 5) is 8.25. The molecule has 1 fully saturated rings. The van der Waals surface area contributed by atoms with Gasteiger partial charge in [0.15, 0.2) is 11.9 Å². The van der Waals surface area contributed by atoms with Crippen molar-refractivity contribution < 1.29 is 24.1 Å². The first-order valence-corrected chi connectivity index (χ1v) is 13.2. The molecular formula is C31H30N4O5. The Balaban J connectivity index is 1.29. The average molecular weight is 539 g/mol. The quantitative estimate of drug-likeness (QED) is 0.256. The van der Waals surface area contributed by atoms with Gasteiger partial charge < -0.3 is 24.1 Å². The van der Waals surface area contributed by atoms with Crippen molar-refractivity contribution >= 4 is 11.0 Å². The summed E-state index contributed by atoms with van der Waals surface area (Å²) in [6.45, 7) is 1.46. The Morgan fingerprint density at radius 1 is 0.725 bits per heavy atom. The third kappa shape index (κ3) is 5.88. The van der Waals surface area contributed by atoms with E-state index in [0.717, 1.165) is 16.7 Å². The highest BCUT2D eigenvalue weighted by Gasteiger charge is 2.48. The number of nitrogens with zero attached hydrogens (tertiary/aromatic N) is 4. The van der Waals surface area contributed by atoms with Crippen molar-refractivity contribution in [2.75, 3.05) is 6.61 Å². The summed E-state index contributed by atoms with van der Waals surface area (Å²) in [5.41, 5.74) is 3.58. The van der Waals surface area contributed by atoms with Crippen LogP contribution in [-0.2, 0) is 38.8 Å². The Labute approximate surface area is 231 Å². The molecule has 1 saturated heterocycles. The van der Waals surface area contributed by atoms with Gasteiger partial charge in [-0.15, -0.1) is 0 Å². The fraction of sp³-hybridized carbons (Fsp3) is 0.258. The molecule has 1 aliphatic rings. The molecule has 0 aliphatic carbocycles. The van der Waals surface area contributed by atoms with Gasteiger partial charge in [-0.1, -0.05) is 91.0 Å². The molecule has 204 valence electrons. The lowest BCUT2D eigenvalue weighted by atomic mass is 10.1. The Hall–Kier alpha value is -4.15. The molecule has 0 radical (unpaired) electrons. The number of benzene rings is 3. The van der Waals surface area contributed by atoms with E-state index in [1.807, 2.05) is 91.0 Å². The first-order valence-electron chi connectivity index (χ1n) is 13.2. The number of rotatable bonds is 11. The van der Waals surface area contributed by atoms with Crippen LogP contribution in [-0.4, -0.2) is 49.8 Å². The van der Waals surface area contributed by atoms with Gasteiger partial charge in [-0.2, -0.15) is 5.10 Å². The molecule has 0 bridgehead atoms. The lowest BCUT2D eigenvalue weighted by Crippen LogP contribution is -2.38. The van der Waals surface area contributed by atoms with Crippen LogP contribution in [0.5, 0.6) is 5.88 Å². The van der Waals surface area contributed by atoms with E-state index in [1.54, 1.807) is 4.68 Å². The topological polar surface area (TPSA) is 101 Å². The monoisotopic (exact) mass is 538 g/mol. The van der Waals surface area contributed by atoms with E-state index in [0.29, 0.717) is 30.9 Å². The Morgan fingerprint density at radius 3 is 1.93 bits per heavy atom. The van der Waals surface area contributed by atoms with Crippen molar-refractivity contribution in [1.82, 2.24) is 19.7 Å². The highest BCUT2D eigenvalue weighted by molar-refractivity contribution is 5.79. The molecule has 0 unspecified atom stereocenters. The fourth-order valence-corrected chi connectivity index (χ4v) is 4.85. The minimum absolute atomic E-state index is 0.143. The number of aromatic hydroxyl groups is 1. The zero-order chi connectivity index (χ0) is 27.1. The fourth-order valence-electron chi connectivity index (χ4n) is 4.85. The minimum Gasteiger partial charge on any atom is -0.493 e. The number of aromatic nitrogens is 4. The van der Waals surface area contributed by atoms with Gasteiger partial charge in [0.2, 0.25) is 5.88 Å². The van der Waals surface area contributed by atoms with Crippen molar-refractivity contribution in [1.29, 1.82) is 0 Å². The van der Waals surface area contributed by atoms with Crippen molar-refractivity contribution in [3.8, 4) is 5.88 Å². The van der Waals surface area contributed by atoms with Gasteiger partial charge in [-0.3, -0.25) is 0 Å². The molecule has 1 N–H and O–H groups in total. The second-order valence-electron chi connectivity index (χ2n) is 9.61. The molecule has 0 spiro atoms. The van der Waals surface area contributed by atoms with E-state index in [4.69, 9.17) is 18.9 Å². The molecule has 5 aromatic rings. The maximum Gasteiger partial charge on any atom is 0.225 e. The van der Waals surface area contributed by atoms with E-state index in [9.17, 15) is 5.11 Å². The molecule has 6 rings (SSSR count). The standard InChI is InChI=1S/C31H30N4O5/c36-30-25-16-34-35(29(25)32-21-33-30)31-28(39-19-24-14-8-3-9-15-24)27(38-18-23-12-6-2-7-13-23)26(40-31)20-37-17-22-10-4-1-5-11-22/h1-16,21,26-28,31H,17-20H2,(H,32,33,36)/t26-,27-,28-,31-/m1/s1. The SMILES string of the molecule is Oc1ncnc2c1cnn2[C@@H]1O[C@H](COCc2ccccc2)[C@@H](OCc2ccccc2)[C@H]1OCc1ccccc1. The molecule has 9 heteroatoms. The maximum atomic E-state index is 10.3. The van der Waals surface area contributed by atoms with Crippen molar-refractivity contribution in [2.24, 2.45) is 0 Å². The lowest BCUT2D eigenvalue weighted by Gasteiger charge is -2.25. The molecular weight excluding hydrogens is 508 g/mol. The van der Waals surface area contributed by atoms with Crippen LogP contribution in [0, 0.1) is 0 Å². The summed E-state index contributed by atoms with van der Waals surface area (Å²) < 4.78 is 27.4. The Morgan fingerprint density at radius 2 is 1.30 bits per heavy atom. The van der Waals surface area contributed by atoms with Crippen LogP contribution in [0.1, 0.15) is 22.9 Å². The number of hydrogen-bond acceptors (Lipinski definition) is 8. The van der Waals surface area contributed by atoms with Crippen LogP contribution in [0.25, 0.3) is 11.0 Å². The predicted molar refractivity (Wildman–Crippen MR) is 147 cm³/mol. The van der Waals surface area contributed by atoms with E-state index in [-0.39, 0.29) is 12.5 Å². The van der Waals surface area contributed by atoms with Gasteiger partial charge in [0.05, 0.1) is 32.6 Å². The smallest absolute Gasteiger partial charge is 0.225 e. The van der Waals surface area contributed by atoms with Gasteiger partial charge in [-0.05, 0) is 16.7 Å². The van der Waals surface area contributed by atoms with Gasteiger partial charge in [0.25, 0.3) is 0 Å². The van der Waals surface area contributed by atoms with Crippen LogP contribution < -0.4 is 0 Å². The van der Waals surface area contributed by atoms with E-state index < -0.39 is 24.5 Å². The number of ether oxygens (including phenoxy) is 4. The molecule has 9 nitrogen and oxygen atoms in total. The van der Waals surface area contributed by atoms with Crippen LogP contribution in [0.3, 0.4) is 0 Å².